The highest BCUT2D eigenvalue weighted by Gasteiger charge is 2.18. The number of fused-ring (bicyclic) bond motifs is 1. The van der Waals surface area contributed by atoms with Gasteiger partial charge in [-0.15, -0.1) is 0 Å². The summed E-state index contributed by atoms with van der Waals surface area (Å²) in [5.41, 5.74) is 8.49. The second-order valence-corrected chi connectivity index (χ2v) is 4.77. The number of carbonyl (C=O) groups is 1. The molecule has 0 saturated heterocycles. The normalized spacial score (nSPS) is 10.4. The number of carbonyl (C=O) groups excluding carboxylic acids is 1. The first-order valence-electron chi connectivity index (χ1n) is 6.58. The lowest BCUT2D eigenvalue weighted by atomic mass is 10.0. The monoisotopic (exact) mass is 275 g/mol. The van der Waals surface area contributed by atoms with Crippen molar-refractivity contribution in [3.05, 3.63) is 71.4 Å². The third-order valence-corrected chi connectivity index (χ3v) is 3.53. The smallest absolute Gasteiger partial charge is 0.167 e. The Kier molecular flexibility index (Phi) is 3.17. The minimum atomic E-state index is -0.0246. The van der Waals surface area contributed by atoms with E-state index in [2.05, 4.69) is 6.07 Å². The Bertz CT molecular complexity index is 857. The fourth-order valence-corrected chi connectivity index (χ4v) is 2.49. The second kappa shape index (κ2) is 5.14. The summed E-state index contributed by atoms with van der Waals surface area (Å²) in [6.07, 6.45) is 1.96. The van der Waals surface area contributed by atoms with Crippen molar-refractivity contribution in [2.75, 3.05) is 5.73 Å². The first-order chi connectivity index (χ1) is 10.2. The first kappa shape index (κ1) is 12.9. The minimum Gasteiger partial charge on any atom is -0.384 e. The van der Waals surface area contributed by atoms with E-state index in [-0.39, 0.29) is 12.2 Å². The van der Waals surface area contributed by atoms with Crippen LogP contribution in [0.25, 0.3) is 5.52 Å². The van der Waals surface area contributed by atoms with Gasteiger partial charge < -0.3 is 10.1 Å². The zero-order valence-electron chi connectivity index (χ0n) is 11.3. The zero-order chi connectivity index (χ0) is 14.8. The molecule has 2 N–H and O–H groups in total. The summed E-state index contributed by atoms with van der Waals surface area (Å²) in [5.74, 6) is 0.354. The van der Waals surface area contributed by atoms with Gasteiger partial charge in [-0.05, 0) is 12.1 Å². The number of Topliss-reactive ketones (excluding diaryl/α,β-unsaturated/α-hetero) is 1. The van der Waals surface area contributed by atoms with Crippen molar-refractivity contribution >= 4 is 17.1 Å². The molecule has 0 amide bonds. The highest BCUT2D eigenvalue weighted by atomic mass is 16.1. The van der Waals surface area contributed by atoms with Crippen molar-refractivity contribution in [2.45, 2.75) is 6.42 Å². The summed E-state index contributed by atoms with van der Waals surface area (Å²) >= 11 is 0. The van der Waals surface area contributed by atoms with Crippen LogP contribution in [0.1, 0.15) is 21.5 Å². The van der Waals surface area contributed by atoms with Gasteiger partial charge in [0.1, 0.15) is 11.9 Å². The molecular weight excluding hydrogens is 262 g/mol. The largest absolute Gasteiger partial charge is 0.384 e. The number of nitrogens with zero attached hydrogens (tertiary/aromatic N) is 2. The number of rotatable bonds is 3. The second-order valence-electron chi connectivity index (χ2n) is 4.77. The molecule has 4 nitrogen and oxygen atoms in total. The predicted molar refractivity (Wildman–Crippen MR) is 81.0 cm³/mol. The SMILES string of the molecule is N#Cc1c(CC(=O)c2ccccc2)c2ccccn2c1N. The number of pyridine rings is 1. The van der Waals surface area contributed by atoms with Crippen molar-refractivity contribution in [1.29, 1.82) is 5.26 Å². The van der Waals surface area contributed by atoms with Gasteiger partial charge in [-0.25, -0.2) is 0 Å². The highest BCUT2D eigenvalue weighted by Crippen LogP contribution is 2.26. The molecule has 0 unspecified atom stereocenters. The molecule has 1 aromatic carbocycles. The van der Waals surface area contributed by atoms with Crippen molar-refractivity contribution in [2.24, 2.45) is 0 Å². The van der Waals surface area contributed by atoms with E-state index in [1.54, 1.807) is 22.7 Å². The molecule has 0 aliphatic carbocycles. The van der Waals surface area contributed by atoms with Gasteiger partial charge in [-0.3, -0.25) is 4.79 Å². The van der Waals surface area contributed by atoms with Crippen LogP contribution in [0.4, 0.5) is 5.82 Å². The summed E-state index contributed by atoms with van der Waals surface area (Å²) in [7, 11) is 0. The Balaban J connectivity index is 2.09. The topological polar surface area (TPSA) is 71.3 Å². The number of nitrogen functional groups attached to an aromatic ring is 1. The van der Waals surface area contributed by atoms with Gasteiger partial charge in [0.25, 0.3) is 0 Å². The van der Waals surface area contributed by atoms with Crippen LogP contribution in [-0.2, 0) is 6.42 Å². The summed E-state index contributed by atoms with van der Waals surface area (Å²) in [4.78, 5) is 12.4. The molecule has 0 bridgehead atoms. The van der Waals surface area contributed by atoms with Crippen molar-refractivity contribution in [3.8, 4) is 6.07 Å². The maximum absolute atomic E-state index is 12.4. The molecular formula is C17H13N3O. The highest BCUT2D eigenvalue weighted by molar-refractivity contribution is 5.99. The number of nitrogens with two attached hydrogens (primary N) is 1. The molecule has 0 radical (unpaired) electrons. The van der Waals surface area contributed by atoms with Crippen LogP contribution in [0.2, 0.25) is 0 Å². The average molecular weight is 275 g/mol. The van der Waals surface area contributed by atoms with Crippen LogP contribution in [0, 0.1) is 11.3 Å². The number of benzene rings is 1. The van der Waals surface area contributed by atoms with Crippen LogP contribution in [0.5, 0.6) is 0 Å². The Labute approximate surface area is 122 Å². The lowest BCUT2D eigenvalue weighted by Gasteiger charge is -2.01. The molecule has 0 atom stereocenters. The van der Waals surface area contributed by atoms with Crippen LogP contribution in [0.15, 0.2) is 54.7 Å². The van der Waals surface area contributed by atoms with Gasteiger partial charge in [-0.1, -0.05) is 36.4 Å². The van der Waals surface area contributed by atoms with Gasteiger partial charge in [0.2, 0.25) is 0 Å². The molecule has 3 aromatic rings. The molecule has 0 saturated carbocycles. The first-order valence-corrected chi connectivity index (χ1v) is 6.58. The van der Waals surface area contributed by atoms with E-state index < -0.39 is 0 Å². The zero-order valence-corrected chi connectivity index (χ0v) is 11.3. The average Bonchev–Trinajstić information content (AvgIpc) is 2.80. The van der Waals surface area contributed by atoms with E-state index in [1.807, 2.05) is 36.4 Å². The van der Waals surface area contributed by atoms with E-state index in [4.69, 9.17) is 5.73 Å². The van der Waals surface area contributed by atoms with Gasteiger partial charge >= 0.3 is 0 Å². The quantitative estimate of drug-likeness (QED) is 0.747. The summed E-state index contributed by atoms with van der Waals surface area (Å²) in [5, 5.41) is 9.33. The summed E-state index contributed by atoms with van der Waals surface area (Å²) in [6.45, 7) is 0. The van der Waals surface area contributed by atoms with E-state index >= 15 is 0 Å². The summed E-state index contributed by atoms with van der Waals surface area (Å²) < 4.78 is 1.74. The Morgan fingerprint density at radius 1 is 1.14 bits per heavy atom. The third kappa shape index (κ3) is 2.15. The number of anilines is 1. The van der Waals surface area contributed by atoms with E-state index in [0.717, 1.165) is 5.52 Å². The molecule has 0 aliphatic rings. The van der Waals surface area contributed by atoms with Gasteiger partial charge in [0, 0.05) is 23.7 Å². The predicted octanol–water partition coefficient (Wildman–Crippen LogP) is 2.82. The molecule has 0 aliphatic heterocycles. The van der Waals surface area contributed by atoms with Crippen LogP contribution in [0.3, 0.4) is 0 Å². The van der Waals surface area contributed by atoms with E-state index in [9.17, 15) is 10.1 Å². The van der Waals surface area contributed by atoms with Gasteiger partial charge in [0.05, 0.1) is 11.1 Å². The minimum absolute atomic E-state index is 0.0246. The van der Waals surface area contributed by atoms with Gasteiger partial charge in [0.15, 0.2) is 5.78 Å². The van der Waals surface area contributed by atoms with Crippen molar-refractivity contribution in [3.63, 3.8) is 0 Å². The Morgan fingerprint density at radius 2 is 1.86 bits per heavy atom. The summed E-state index contributed by atoms with van der Waals surface area (Å²) in [6, 6.07) is 16.7. The molecule has 4 heteroatoms. The fraction of sp³-hybridized carbons (Fsp3) is 0.0588. The number of hydrogen-bond acceptors (Lipinski definition) is 3. The lowest BCUT2D eigenvalue weighted by Crippen LogP contribution is -2.04. The Morgan fingerprint density at radius 3 is 2.57 bits per heavy atom. The van der Waals surface area contributed by atoms with E-state index in [0.29, 0.717) is 22.5 Å². The molecule has 102 valence electrons. The van der Waals surface area contributed by atoms with E-state index in [1.165, 1.54) is 0 Å². The number of nitriles is 1. The number of hydrogen-bond donors (Lipinski definition) is 1. The Hall–Kier alpha value is -3.06. The maximum Gasteiger partial charge on any atom is 0.167 e. The molecule has 0 fully saturated rings. The fourth-order valence-electron chi connectivity index (χ4n) is 2.49. The molecule has 2 aromatic heterocycles. The molecule has 0 spiro atoms. The molecule has 2 heterocycles. The van der Waals surface area contributed by atoms with Crippen LogP contribution >= 0.6 is 0 Å². The molecule has 3 rings (SSSR count). The van der Waals surface area contributed by atoms with Crippen LogP contribution in [-0.4, -0.2) is 10.2 Å². The third-order valence-electron chi connectivity index (χ3n) is 3.53. The van der Waals surface area contributed by atoms with Crippen LogP contribution < -0.4 is 5.73 Å². The maximum atomic E-state index is 12.4. The standard InChI is InChI=1S/C17H13N3O/c18-11-14-13(10-16(21)12-6-2-1-3-7-12)15-8-4-5-9-20(15)17(14)19/h1-9H,10,19H2. The number of aromatic nitrogens is 1. The molecule has 21 heavy (non-hydrogen) atoms. The lowest BCUT2D eigenvalue weighted by molar-refractivity contribution is 0.0993. The van der Waals surface area contributed by atoms with Crippen molar-refractivity contribution < 1.29 is 4.79 Å². The van der Waals surface area contributed by atoms with Gasteiger partial charge in [-0.2, -0.15) is 5.26 Å². The number of ketones is 1. The van der Waals surface area contributed by atoms with Crippen molar-refractivity contribution in [1.82, 2.24) is 4.40 Å².